The van der Waals surface area contributed by atoms with E-state index in [1.807, 2.05) is 32.2 Å². The van der Waals surface area contributed by atoms with Crippen LogP contribution in [-0.2, 0) is 26.3 Å². The van der Waals surface area contributed by atoms with Gasteiger partial charge in [-0.3, -0.25) is 19.3 Å². The van der Waals surface area contributed by atoms with Crippen LogP contribution in [0.15, 0.2) is 48.6 Å². The zero-order valence-electron chi connectivity index (χ0n) is 32.2. The van der Waals surface area contributed by atoms with Gasteiger partial charge in [0.2, 0.25) is 0 Å². The van der Waals surface area contributed by atoms with Gasteiger partial charge in [0, 0.05) is 80.2 Å². The Balaban J connectivity index is 1.18. The minimum absolute atomic E-state index is 0.00107. The van der Waals surface area contributed by atoms with Gasteiger partial charge in [0.15, 0.2) is 0 Å². The summed E-state index contributed by atoms with van der Waals surface area (Å²) in [4.78, 5) is 21.3. The fraction of sp³-hybridized carbons (Fsp3) is 0.628. The van der Waals surface area contributed by atoms with Gasteiger partial charge in [-0.05, 0) is 123 Å². The number of nitrogens with zero attached hydrogens (tertiary/aromatic N) is 3. The average Bonchev–Trinajstić information content (AvgIpc) is 3.28. The number of piperazine rings is 1. The first-order chi connectivity index (χ1) is 25.9. The molecule has 2 aliphatic carbocycles. The third-order valence-corrected chi connectivity index (χ3v) is 16.6. The van der Waals surface area contributed by atoms with Crippen LogP contribution in [0.4, 0.5) is 10.1 Å². The highest BCUT2D eigenvalue weighted by Gasteiger charge is 2.50. The van der Waals surface area contributed by atoms with E-state index in [0.717, 1.165) is 94.4 Å². The lowest BCUT2D eigenvalue weighted by Gasteiger charge is -2.53. The summed E-state index contributed by atoms with van der Waals surface area (Å²) >= 11 is 6.52. The number of carbonyl (C=O) groups excluding carboxylic acids is 1. The summed E-state index contributed by atoms with van der Waals surface area (Å²) in [5.41, 5.74) is 3.13. The molecule has 1 amide bonds. The van der Waals surface area contributed by atoms with Crippen molar-refractivity contribution in [2.24, 2.45) is 17.8 Å². The topological polar surface area (TPSA) is 74.4 Å². The van der Waals surface area contributed by atoms with Crippen LogP contribution < -0.4 is 14.4 Å². The van der Waals surface area contributed by atoms with Crippen molar-refractivity contribution in [2.45, 2.75) is 93.7 Å². The summed E-state index contributed by atoms with van der Waals surface area (Å²) in [6.07, 6.45) is 10.9. The third-order valence-electron chi connectivity index (χ3n) is 14.2. The molecule has 9 atom stereocenters. The summed E-state index contributed by atoms with van der Waals surface area (Å²) in [5.74, 6) is 5.03. The number of fused-ring (bicyclic) bond motifs is 5. The fourth-order valence-corrected chi connectivity index (χ4v) is 12.3. The minimum atomic E-state index is -2.98. The Hall–Kier alpha value is -2.63. The van der Waals surface area contributed by atoms with Crippen LogP contribution in [0.3, 0.4) is 0 Å². The van der Waals surface area contributed by atoms with E-state index in [9.17, 15) is 13.4 Å². The number of hydrogen-bond acceptors (Lipinski definition) is 7. The Kier molecular flexibility index (Phi) is 10.6. The maximum atomic E-state index is 14.6. The van der Waals surface area contributed by atoms with Crippen molar-refractivity contribution in [2.75, 3.05) is 64.4 Å². The number of hydrogen-bond donors (Lipinski definition) is 1. The van der Waals surface area contributed by atoms with Gasteiger partial charge < -0.3 is 14.4 Å². The monoisotopic (exact) mass is 780 g/mol. The van der Waals surface area contributed by atoms with E-state index in [0.29, 0.717) is 37.4 Å². The molecule has 2 saturated heterocycles. The number of anilines is 1. The summed E-state index contributed by atoms with van der Waals surface area (Å²) in [7, 11) is -1.12. The highest BCUT2D eigenvalue weighted by molar-refractivity contribution is 7.99. The number of nitrogens with one attached hydrogen (secondary N) is 1. The van der Waals surface area contributed by atoms with Crippen LogP contribution in [-0.4, -0.2) is 108 Å². The number of aryl methyl sites for hydroxylation is 1. The predicted octanol–water partition coefficient (Wildman–Crippen LogP) is 6.69. The lowest BCUT2D eigenvalue weighted by molar-refractivity contribution is -0.101. The van der Waals surface area contributed by atoms with Crippen molar-refractivity contribution in [1.82, 2.24) is 14.5 Å². The molecule has 2 aromatic rings. The second-order valence-corrected chi connectivity index (χ2v) is 20.3. The number of rotatable bonds is 3. The number of methoxy groups -OCH3 is 1. The van der Waals surface area contributed by atoms with Crippen molar-refractivity contribution in [3.05, 3.63) is 70.3 Å². The molecule has 8 rings (SSSR count). The summed E-state index contributed by atoms with van der Waals surface area (Å²) < 4.78 is 45.0. The second-order valence-electron chi connectivity index (χ2n) is 17.4. The maximum Gasteiger partial charge on any atom is 0.262 e. The zero-order valence-corrected chi connectivity index (χ0v) is 33.8. The normalized spacial score (nSPS) is 38.2. The minimum Gasteiger partial charge on any atom is -0.490 e. The van der Waals surface area contributed by atoms with E-state index in [-0.39, 0.29) is 34.4 Å². The van der Waals surface area contributed by atoms with Gasteiger partial charge in [0.25, 0.3) is 5.91 Å². The highest BCUT2D eigenvalue weighted by Crippen LogP contribution is 2.49. The molecule has 1 spiro atoms. The first-order valence-corrected chi connectivity index (χ1v) is 22.4. The Bertz CT molecular complexity index is 1880. The molecule has 3 fully saturated rings. The van der Waals surface area contributed by atoms with Crippen molar-refractivity contribution >= 4 is 38.8 Å². The number of alkyl halides is 1. The van der Waals surface area contributed by atoms with Crippen molar-refractivity contribution in [3.8, 4) is 5.75 Å². The Morgan fingerprint density at radius 3 is 2.76 bits per heavy atom. The van der Waals surface area contributed by atoms with Crippen LogP contribution in [0.2, 0.25) is 5.02 Å². The van der Waals surface area contributed by atoms with Gasteiger partial charge in [0.05, 0.1) is 22.0 Å². The van der Waals surface area contributed by atoms with Crippen LogP contribution >= 0.6 is 11.6 Å². The second kappa shape index (κ2) is 15.0. The molecule has 2 bridgehead atoms. The number of piperidine rings is 1. The largest absolute Gasteiger partial charge is 0.490 e. The summed E-state index contributed by atoms with van der Waals surface area (Å²) in [6, 6.07) is 12.2. The Morgan fingerprint density at radius 1 is 1.11 bits per heavy atom. The molecule has 294 valence electrons. The predicted molar refractivity (Wildman–Crippen MR) is 217 cm³/mol. The molecule has 4 heterocycles. The Morgan fingerprint density at radius 2 is 1.96 bits per heavy atom. The van der Waals surface area contributed by atoms with E-state index >= 15 is 0 Å². The lowest BCUT2D eigenvalue weighted by atomic mass is 9.63. The van der Waals surface area contributed by atoms with Gasteiger partial charge in [-0.25, -0.2) is 8.60 Å². The third kappa shape index (κ3) is 7.23. The van der Waals surface area contributed by atoms with Gasteiger partial charge in [-0.2, -0.15) is 0 Å². The molecule has 0 radical (unpaired) electrons. The quantitative estimate of drug-likeness (QED) is 0.275. The van der Waals surface area contributed by atoms with Crippen LogP contribution in [0.25, 0.3) is 0 Å². The first-order valence-electron chi connectivity index (χ1n) is 20.2. The molecular formula is C43H58ClFN4O4S. The van der Waals surface area contributed by atoms with E-state index in [1.165, 1.54) is 11.1 Å². The fourth-order valence-electron chi connectivity index (χ4n) is 10.6. The number of ether oxygens (including phenoxy) is 2. The molecule has 1 saturated carbocycles. The van der Waals surface area contributed by atoms with Crippen molar-refractivity contribution in [3.63, 3.8) is 0 Å². The summed E-state index contributed by atoms with van der Waals surface area (Å²) in [6.45, 7) is 10.4. The SMILES string of the molecule is C=S1(=O)NC(=O)c2ccc3c(c2)N(C[C@@H]2CC[C@H]2[C@](CN2CCN4CC[C@@H](F)C[C@H]4C2)(OC)/C=C/C[C@H](C)[C@H]1C)C[C@@]1(CCCc2cc(Cl)ccc21)CO3. The standard InChI is InChI=1S/C43H58ClFN4O4S/c1-29-7-5-17-43(52-3,27-47-19-20-48-18-15-35(45)23-36(48)25-47)38-12-9-33(38)24-49-26-42(16-6-8-31-21-34(44)11-13-37(31)42)28-53-40-14-10-32(22-39(40)49)41(50)46-54(4,51)30(29)2/h5,10-11,13-14,17,21-22,29-30,33,35-36,38H,4,6-9,12,15-16,18-20,23-28H2,1-3H3,(H,46,50,51)/b17-5+/t29-,30+,33-,35+,36-,38+,42-,43-,54?/m0/s1. The van der Waals surface area contributed by atoms with Crippen molar-refractivity contribution in [1.29, 1.82) is 0 Å². The van der Waals surface area contributed by atoms with Crippen molar-refractivity contribution < 1.29 is 22.9 Å². The summed E-state index contributed by atoms with van der Waals surface area (Å²) in [5, 5.41) is 0.395. The molecule has 0 aromatic heterocycles. The molecule has 1 unspecified atom stereocenters. The number of benzene rings is 2. The van der Waals surface area contributed by atoms with Crippen LogP contribution in [0.1, 0.15) is 80.3 Å². The van der Waals surface area contributed by atoms with Gasteiger partial charge in [-0.15, -0.1) is 0 Å². The highest BCUT2D eigenvalue weighted by atomic mass is 35.5. The van der Waals surface area contributed by atoms with E-state index in [2.05, 4.69) is 56.5 Å². The molecule has 4 aliphatic heterocycles. The molecule has 2 aromatic carbocycles. The van der Waals surface area contributed by atoms with Gasteiger partial charge in [-0.1, -0.05) is 36.7 Å². The molecule has 8 nitrogen and oxygen atoms in total. The molecule has 54 heavy (non-hydrogen) atoms. The maximum absolute atomic E-state index is 14.6. The molecule has 11 heteroatoms. The Labute approximate surface area is 326 Å². The van der Waals surface area contributed by atoms with Gasteiger partial charge >= 0.3 is 0 Å². The number of halogens is 2. The molecule has 1 N–H and O–H groups in total. The van der Waals surface area contributed by atoms with Gasteiger partial charge in [0.1, 0.15) is 17.5 Å². The zero-order chi connectivity index (χ0) is 37.8. The number of allylic oxidation sites excluding steroid dienone is 1. The van der Waals surface area contributed by atoms with E-state index in [4.69, 9.17) is 21.1 Å². The number of amides is 1. The average molecular weight is 781 g/mol. The molecular weight excluding hydrogens is 723 g/mol. The first kappa shape index (κ1) is 38.3. The van der Waals surface area contributed by atoms with Crippen LogP contribution in [0, 0.1) is 17.8 Å². The number of carbonyl (C=O) groups is 1. The molecule has 6 aliphatic rings. The smallest absolute Gasteiger partial charge is 0.262 e. The van der Waals surface area contributed by atoms with E-state index < -0.39 is 21.5 Å². The van der Waals surface area contributed by atoms with Crippen LogP contribution in [0.5, 0.6) is 5.75 Å². The van der Waals surface area contributed by atoms with E-state index in [1.54, 1.807) is 6.07 Å². The lowest BCUT2D eigenvalue weighted by Crippen LogP contribution is -2.62.